The second kappa shape index (κ2) is 10.9. The number of nitrogens with zero attached hydrogens (tertiary/aromatic N) is 3. The highest BCUT2D eigenvalue weighted by atomic mass is 79.9. The molecule has 0 fully saturated rings. The molecule has 7 heteroatoms. The summed E-state index contributed by atoms with van der Waals surface area (Å²) in [6.07, 6.45) is 0.605. The van der Waals surface area contributed by atoms with Crippen LogP contribution < -0.4 is 5.56 Å². The molecule has 180 valence electrons. The highest BCUT2D eigenvalue weighted by Gasteiger charge is 2.30. The van der Waals surface area contributed by atoms with Gasteiger partial charge >= 0.3 is 0 Å². The summed E-state index contributed by atoms with van der Waals surface area (Å²) in [7, 11) is 0. The minimum absolute atomic E-state index is 0.0865. The molecule has 0 radical (unpaired) electrons. The third-order valence-corrected chi connectivity index (χ3v) is 6.86. The number of para-hydroxylation sites is 1. The van der Waals surface area contributed by atoms with Gasteiger partial charge in [-0.15, -0.1) is 0 Å². The number of carbonyl (C=O) groups is 1. The molecular weight excluding hydrogens is 570 g/mol. The van der Waals surface area contributed by atoms with Gasteiger partial charge in [-0.3, -0.25) is 14.2 Å². The Kier molecular flexibility index (Phi) is 7.87. The number of aromatic nitrogens is 2. The first-order chi connectivity index (χ1) is 16.8. The Balaban J connectivity index is 1.95. The molecule has 1 amide bonds. The summed E-state index contributed by atoms with van der Waals surface area (Å²) in [5.41, 5.74) is 1.78. The Morgan fingerprint density at radius 3 is 2.34 bits per heavy atom. The molecule has 0 N–H and O–H groups in total. The first-order valence-electron chi connectivity index (χ1n) is 11.6. The number of rotatable bonds is 7. The molecule has 1 atom stereocenters. The van der Waals surface area contributed by atoms with E-state index in [4.69, 9.17) is 4.98 Å². The zero-order valence-electron chi connectivity index (χ0n) is 19.9. The van der Waals surface area contributed by atoms with Gasteiger partial charge in [-0.1, -0.05) is 70.8 Å². The molecule has 0 aliphatic heterocycles. The summed E-state index contributed by atoms with van der Waals surface area (Å²) in [6, 6.07) is 22.0. The maximum absolute atomic E-state index is 13.8. The molecule has 5 nitrogen and oxygen atoms in total. The molecule has 0 saturated heterocycles. The standard InChI is InChI=1S/C28H27Br2N3O2/c1-4-25(32(17-18(2)3)27(34)19-8-7-9-21(30)16-19)26-31-24-11-6-5-10-23(24)28(35)33(26)22-14-12-20(29)13-15-22/h5-16,18,25H,4,17H2,1-3H3. The predicted molar refractivity (Wildman–Crippen MR) is 148 cm³/mol. The first-order valence-corrected chi connectivity index (χ1v) is 13.2. The van der Waals surface area contributed by atoms with Gasteiger partial charge in [-0.05, 0) is 66.9 Å². The molecule has 0 saturated carbocycles. The molecule has 0 aliphatic carbocycles. The third kappa shape index (κ3) is 5.41. The van der Waals surface area contributed by atoms with E-state index in [1.165, 1.54) is 0 Å². The van der Waals surface area contributed by atoms with Gasteiger partial charge in [0.15, 0.2) is 0 Å². The van der Waals surface area contributed by atoms with Gasteiger partial charge in [-0.25, -0.2) is 4.98 Å². The molecule has 35 heavy (non-hydrogen) atoms. The molecule has 3 aromatic carbocycles. The minimum atomic E-state index is -0.398. The lowest BCUT2D eigenvalue weighted by Crippen LogP contribution is -2.40. The van der Waals surface area contributed by atoms with Crippen molar-refractivity contribution < 1.29 is 4.79 Å². The van der Waals surface area contributed by atoms with Gasteiger partial charge in [0.05, 0.1) is 22.6 Å². The fraction of sp³-hybridized carbons (Fsp3) is 0.250. The number of hydrogen-bond acceptors (Lipinski definition) is 3. The lowest BCUT2D eigenvalue weighted by Gasteiger charge is -2.33. The molecule has 0 aliphatic rings. The van der Waals surface area contributed by atoms with Crippen molar-refractivity contribution in [3.63, 3.8) is 0 Å². The van der Waals surface area contributed by atoms with Crippen molar-refractivity contribution in [1.29, 1.82) is 0 Å². The topological polar surface area (TPSA) is 55.2 Å². The van der Waals surface area contributed by atoms with Crippen LogP contribution in [0.2, 0.25) is 0 Å². The third-order valence-electron chi connectivity index (χ3n) is 5.84. The maximum Gasteiger partial charge on any atom is 0.266 e. The Morgan fingerprint density at radius 2 is 1.69 bits per heavy atom. The molecule has 0 spiro atoms. The Morgan fingerprint density at radius 1 is 0.971 bits per heavy atom. The summed E-state index contributed by atoms with van der Waals surface area (Å²) < 4.78 is 3.42. The quantitative estimate of drug-likeness (QED) is 0.227. The molecule has 1 aromatic heterocycles. The van der Waals surface area contributed by atoms with Crippen LogP contribution in [0.4, 0.5) is 0 Å². The molecule has 0 bridgehead atoms. The van der Waals surface area contributed by atoms with Crippen molar-refractivity contribution in [2.45, 2.75) is 33.2 Å². The average Bonchev–Trinajstić information content (AvgIpc) is 2.84. The van der Waals surface area contributed by atoms with Crippen molar-refractivity contribution in [2.24, 2.45) is 5.92 Å². The van der Waals surface area contributed by atoms with Gasteiger partial charge in [0.1, 0.15) is 5.82 Å². The first kappa shape index (κ1) is 25.3. The fourth-order valence-electron chi connectivity index (χ4n) is 4.29. The van der Waals surface area contributed by atoms with Crippen LogP contribution in [0.5, 0.6) is 0 Å². The smallest absolute Gasteiger partial charge is 0.266 e. The summed E-state index contributed by atoms with van der Waals surface area (Å²) in [5.74, 6) is 0.701. The zero-order valence-corrected chi connectivity index (χ0v) is 23.1. The number of benzene rings is 3. The Bertz CT molecular complexity index is 1410. The van der Waals surface area contributed by atoms with Crippen LogP contribution >= 0.6 is 31.9 Å². The number of fused-ring (bicyclic) bond motifs is 1. The predicted octanol–water partition coefficient (Wildman–Crippen LogP) is 7.16. The van der Waals surface area contributed by atoms with Gasteiger partial charge in [0, 0.05) is 21.1 Å². The van der Waals surface area contributed by atoms with Gasteiger partial charge in [0.25, 0.3) is 11.5 Å². The van der Waals surface area contributed by atoms with Crippen LogP contribution in [0, 0.1) is 5.92 Å². The van der Waals surface area contributed by atoms with Crippen LogP contribution in [-0.2, 0) is 0 Å². The van der Waals surface area contributed by atoms with E-state index >= 15 is 0 Å². The monoisotopic (exact) mass is 595 g/mol. The Labute approximate surface area is 222 Å². The van der Waals surface area contributed by atoms with E-state index in [9.17, 15) is 9.59 Å². The highest BCUT2D eigenvalue weighted by Crippen LogP contribution is 2.29. The average molecular weight is 597 g/mol. The SMILES string of the molecule is CCC(c1nc2ccccc2c(=O)n1-c1ccc(Br)cc1)N(CC(C)C)C(=O)c1cccc(Br)c1. The normalized spacial score (nSPS) is 12.2. The van der Waals surface area contributed by atoms with Crippen molar-refractivity contribution in [2.75, 3.05) is 6.54 Å². The highest BCUT2D eigenvalue weighted by molar-refractivity contribution is 9.10. The zero-order chi connectivity index (χ0) is 25.1. The van der Waals surface area contributed by atoms with Crippen LogP contribution in [0.25, 0.3) is 16.6 Å². The molecular formula is C28H27Br2N3O2. The number of halogens is 2. The number of carbonyl (C=O) groups excluding carboxylic acids is 1. The second-order valence-corrected chi connectivity index (χ2v) is 10.7. The second-order valence-electron chi connectivity index (χ2n) is 8.89. The van der Waals surface area contributed by atoms with Crippen molar-refractivity contribution in [1.82, 2.24) is 14.5 Å². The van der Waals surface area contributed by atoms with Gasteiger partial charge in [-0.2, -0.15) is 0 Å². The van der Waals surface area contributed by atoms with E-state index in [1.54, 1.807) is 10.6 Å². The van der Waals surface area contributed by atoms with Crippen LogP contribution in [0.15, 0.2) is 86.5 Å². The maximum atomic E-state index is 13.8. The van der Waals surface area contributed by atoms with Crippen molar-refractivity contribution >= 4 is 48.7 Å². The Hall–Kier alpha value is -2.77. The summed E-state index contributed by atoms with van der Waals surface area (Å²) in [6.45, 7) is 6.74. The van der Waals surface area contributed by atoms with E-state index < -0.39 is 6.04 Å². The van der Waals surface area contributed by atoms with Gasteiger partial charge < -0.3 is 4.90 Å². The van der Waals surface area contributed by atoms with Crippen LogP contribution in [0.3, 0.4) is 0 Å². The number of hydrogen-bond donors (Lipinski definition) is 0. The van der Waals surface area contributed by atoms with E-state index in [0.29, 0.717) is 40.9 Å². The molecule has 1 heterocycles. The van der Waals surface area contributed by atoms with E-state index in [0.717, 1.165) is 8.95 Å². The largest absolute Gasteiger partial charge is 0.328 e. The van der Waals surface area contributed by atoms with E-state index in [-0.39, 0.29) is 17.4 Å². The summed E-state index contributed by atoms with van der Waals surface area (Å²) in [4.78, 5) is 34.5. The molecule has 1 unspecified atom stereocenters. The van der Waals surface area contributed by atoms with E-state index in [2.05, 4.69) is 45.7 Å². The fourth-order valence-corrected chi connectivity index (χ4v) is 4.95. The van der Waals surface area contributed by atoms with Crippen LogP contribution in [-0.4, -0.2) is 26.9 Å². The van der Waals surface area contributed by atoms with Crippen molar-refractivity contribution in [3.8, 4) is 5.69 Å². The number of amides is 1. The molecule has 4 rings (SSSR count). The lowest BCUT2D eigenvalue weighted by atomic mass is 10.1. The minimum Gasteiger partial charge on any atom is -0.328 e. The lowest BCUT2D eigenvalue weighted by molar-refractivity contribution is 0.0631. The summed E-state index contributed by atoms with van der Waals surface area (Å²) in [5, 5.41) is 0.544. The van der Waals surface area contributed by atoms with Crippen molar-refractivity contribution in [3.05, 3.63) is 103 Å². The van der Waals surface area contributed by atoms with Gasteiger partial charge in [0.2, 0.25) is 0 Å². The summed E-state index contributed by atoms with van der Waals surface area (Å²) >= 11 is 6.96. The van der Waals surface area contributed by atoms with Crippen LogP contribution in [0.1, 0.15) is 49.4 Å². The molecule has 4 aromatic rings. The van der Waals surface area contributed by atoms with E-state index in [1.807, 2.05) is 78.6 Å².